The summed E-state index contributed by atoms with van der Waals surface area (Å²) < 4.78 is 11.4. The summed E-state index contributed by atoms with van der Waals surface area (Å²) >= 11 is 0. The molecule has 1 fully saturated rings. The van der Waals surface area contributed by atoms with E-state index in [9.17, 15) is 9.59 Å². The third kappa shape index (κ3) is 4.01. The molecule has 1 rings (SSSR count). The topological polar surface area (TPSA) is 52.6 Å². The van der Waals surface area contributed by atoms with Crippen molar-refractivity contribution >= 4 is 28.6 Å². The predicted molar refractivity (Wildman–Crippen MR) is 93.5 cm³/mol. The second kappa shape index (κ2) is 5.78. The Labute approximate surface area is 137 Å². The zero-order chi connectivity index (χ0) is 17.6. The number of hydrogen-bond acceptors (Lipinski definition) is 4. The molecular weight excluding hydrogens is 312 g/mol. The van der Waals surface area contributed by atoms with Crippen molar-refractivity contribution in [2.75, 3.05) is 0 Å². The molecule has 0 heterocycles. The van der Waals surface area contributed by atoms with Gasteiger partial charge in [0.25, 0.3) is 11.9 Å². The number of carbonyl (C=O) groups is 2. The number of rotatable bonds is 4. The Hall–Kier alpha value is -0.626. The Morgan fingerprint density at radius 3 is 1.77 bits per heavy atom. The van der Waals surface area contributed by atoms with Crippen LogP contribution in [-0.4, -0.2) is 28.6 Å². The summed E-state index contributed by atoms with van der Waals surface area (Å²) in [6, 6.07) is 0. The molecule has 0 amide bonds. The number of hydrogen-bond donors (Lipinski definition) is 0. The standard InChI is InChI=1S/C16H32O4Si2/c1-15(2)12(13(17)19-21(4,5)6)10-11-16(15,3)14(18)20-22(7,8)9/h12H,10-11H2,1-9H3/t12-,16+/m1/s1. The zero-order valence-electron chi connectivity index (χ0n) is 15.6. The van der Waals surface area contributed by atoms with Crippen molar-refractivity contribution in [3.05, 3.63) is 0 Å². The van der Waals surface area contributed by atoms with Gasteiger partial charge in [-0.25, -0.2) is 0 Å². The summed E-state index contributed by atoms with van der Waals surface area (Å²) in [5.74, 6) is -0.535. The molecule has 0 radical (unpaired) electrons. The lowest BCUT2D eigenvalue weighted by molar-refractivity contribution is -0.155. The van der Waals surface area contributed by atoms with E-state index in [1.165, 1.54) is 0 Å². The van der Waals surface area contributed by atoms with Gasteiger partial charge in [0, 0.05) is 0 Å². The van der Waals surface area contributed by atoms with E-state index in [0.717, 1.165) is 0 Å². The first-order valence-corrected chi connectivity index (χ1v) is 14.9. The molecule has 0 bridgehead atoms. The maximum atomic E-state index is 12.7. The Kier molecular flexibility index (Phi) is 5.10. The van der Waals surface area contributed by atoms with E-state index in [-0.39, 0.29) is 17.9 Å². The maximum absolute atomic E-state index is 12.7. The van der Waals surface area contributed by atoms with E-state index in [2.05, 4.69) is 0 Å². The molecule has 6 heteroatoms. The van der Waals surface area contributed by atoms with Crippen LogP contribution in [0.25, 0.3) is 0 Å². The van der Waals surface area contributed by atoms with Crippen LogP contribution in [0.3, 0.4) is 0 Å². The summed E-state index contributed by atoms with van der Waals surface area (Å²) in [5.41, 5.74) is -1.09. The lowest BCUT2D eigenvalue weighted by Crippen LogP contribution is -2.47. The lowest BCUT2D eigenvalue weighted by Gasteiger charge is -2.40. The average molecular weight is 345 g/mol. The predicted octanol–water partition coefficient (Wildman–Crippen LogP) is 4.19. The molecule has 0 N–H and O–H groups in total. The van der Waals surface area contributed by atoms with E-state index in [4.69, 9.17) is 8.85 Å². The largest absolute Gasteiger partial charge is 0.520 e. The van der Waals surface area contributed by atoms with Gasteiger partial charge in [0.05, 0.1) is 11.3 Å². The van der Waals surface area contributed by atoms with Gasteiger partial charge in [0.2, 0.25) is 16.6 Å². The van der Waals surface area contributed by atoms with Crippen molar-refractivity contribution in [1.29, 1.82) is 0 Å². The highest BCUT2D eigenvalue weighted by molar-refractivity contribution is 6.71. The van der Waals surface area contributed by atoms with Crippen LogP contribution in [0.5, 0.6) is 0 Å². The van der Waals surface area contributed by atoms with E-state index < -0.39 is 27.5 Å². The Morgan fingerprint density at radius 1 is 0.909 bits per heavy atom. The highest BCUT2D eigenvalue weighted by Gasteiger charge is 2.60. The molecule has 0 aromatic rings. The fourth-order valence-corrected chi connectivity index (χ4v) is 4.57. The number of carbonyl (C=O) groups excluding carboxylic acids is 2. The molecule has 128 valence electrons. The molecule has 1 saturated carbocycles. The quantitative estimate of drug-likeness (QED) is 0.718. The molecule has 4 nitrogen and oxygen atoms in total. The molecule has 0 aromatic carbocycles. The lowest BCUT2D eigenvalue weighted by atomic mass is 9.66. The van der Waals surface area contributed by atoms with Crippen LogP contribution < -0.4 is 0 Å². The molecule has 0 aromatic heterocycles. The van der Waals surface area contributed by atoms with E-state index in [1.807, 2.05) is 60.1 Å². The minimum atomic E-state index is -1.94. The van der Waals surface area contributed by atoms with Gasteiger partial charge in [-0.3, -0.25) is 9.59 Å². The molecular formula is C16H32O4Si2. The van der Waals surface area contributed by atoms with E-state index in [0.29, 0.717) is 12.8 Å². The van der Waals surface area contributed by atoms with Gasteiger partial charge in [-0.05, 0) is 64.5 Å². The van der Waals surface area contributed by atoms with Gasteiger partial charge in [-0.15, -0.1) is 0 Å². The zero-order valence-corrected chi connectivity index (χ0v) is 17.6. The fourth-order valence-electron chi connectivity index (χ4n) is 3.04. The van der Waals surface area contributed by atoms with E-state index >= 15 is 0 Å². The van der Waals surface area contributed by atoms with Crippen LogP contribution in [0.4, 0.5) is 0 Å². The first-order valence-electron chi connectivity index (χ1n) is 8.06. The van der Waals surface area contributed by atoms with Crippen molar-refractivity contribution in [3.63, 3.8) is 0 Å². The molecule has 1 aliphatic rings. The second-order valence-electron chi connectivity index (χ2n) is 9.18. The minimum Gasteiger partial charge on any atom is -0.520 e. The Bertz CT molecular complexity index is 460. The SMILES string of the molecule is CC1(C)[C@@H](C(=O)O[Si](C)(C)C)CC[C@@]1(C)C(=O)O[Si](C)(C)C. The van der Waals surface area contributed by atoms with Crippen molar-refractivity contribution in [2.24, 2.45) is 16.7 Å². The molecule has 0 aliphatic heterocycles. The average Bonchev–Trinajstić information content (AvgIpc) is 2.46. The normalized spacial score (nSPS) is 28.3. The smallest absolute Gasteiger partial charge is 0.299 e. The van der Waals surface area contributed by atoms with Crippen molar-refractivity contribution in [3.8, 4) is 0 Å². The highest BCUT2D eigenvalue weighted by Crippen LogP contribution is 2.57. The first-order chi connectivity index (χ1) is 9.60. The molecule has 22 heavy (non-hydrogen) atoms. The van der Waals surface area contributed by atoms with Gasteiger partial charge in [0.15, 0.2) is 0 Å². The monoisotopic (exact) mass is 344 g/mol. The summed E-state index contributed by atoms with van der Waals surface area (Å²) in [7, 11) is -3.86. The van der Waals surface area contributed by atoms with Gasteiger partial charge in [-0.1, -0.05) is 13.8 Å². The third-order valence-corrected chi connectivity index (χ3v) is 6.38. The molecule has 2 atom stereocenters. The van der Waals surface area contributed by atoms with Crippen LogP contribution in [-0.2, 0) is 18.4 Å². The van der Waals surface area contributed by atoms with Gasteiger partial charge in [-0.2, -0.15) is 0 Å². The van der Waals surface area contributed by atoms with E-state index in [1.54, 1.807) is 0 Å². The Balaban J connectivity index is 2.99. The second-order valence-corrected chi connectivity index (χ2v) is 18.0. The van der Waals surface area contributed by atoms with Crippen LogP contribution in [0.1, 0.15) is 33.6 Å². The first kappa shape index (κ1) is 19.4. The molecule has 0 spiro atoms. The summed E-state index contributed by atoms with van der Waals surface area (Å²) in [6.45, 7) is 18.0. The summed E-state index contributed by atoms with van der Waals surface area (Å²) in [6.07, 6.45) is 1.36. The van der Waals surface area contributed by atoms with Gasteiger partial charge < -0.3 is 8.85 Å². The van der Waals surface area contributed by atoms with Crippen LogP contribution >= 0.6 is 0 Å². The maximum Gasteiger partial charge on any atom is 0.299 e. The summed E-state index contributed by atoms with van der Waals surface area (Å²) in [5, 5.41) is 0. The van der Waals surface area contributed by atoms with Crippen LogP contribution in [0.15, 0.2) is 0 Å². The highest BCUT2D eigenvalue weighted by atomic mass is 28.4. The van der Waals surface area contributed by atoms with Gasteiger partial charge in [0.1, 0.15) is 0 Å². The summed E-state index contributed by atoms with van der Waals surface area (Å²) in [4.78, 5) is 25.3. The van der Waals surface area contributed by atoms with Gasteiger partial charge >= 0.3 is 0 Å². The third-order valence-electron chi connectivity index (χ3n) is 4.77. The Morgan fingerprint density at radius 2 is 1.36 bits per heavy atom. The molecule has 1 aliphatic carbocycles. The van der Waals surface area contributed by atoms with Crippen LogP contribution in [0, 0.1) is 16.7 Å². The van der Waals surface area contributed by atoms with Crippen molar-refractivity contribution in [1.82, 2.24) is 0 Å². The molecule has 0 unspecified atom stereocenters. The van der Waals surface area contributed by atoms with Crippen molar-refractivity contribution < 1.29 is 18.4 Å². The van der Waals surface area contributed by atoms with Crippen molar-refractivity contribution in [2.45, 2.75) is 72.9 Å². The minimum absolute atomic E-state index is 0.145. The molecule has 0 saturated heterocycles. The fraction of sp³-hybridized carbons (Fsp3) is 0.875. The van der Waals surface area contributed by atoms with Crippen LogP contribution in [0.2, 0.25) is 39.3 Å².